The summed E-state index contributed by atoms with van der Waals surface area (Å²) in [4.78, 5) is 6.63. The van der Waals surface area contributed by atoms with Gasteiger partial charge in [-0.3, -0.25) is 4.99 Å². The summed E-state index contributed by atoms with van der Waals surface area (Å²) in [6.45, 7) is 7.55. The molecule has 1 aliphatic heterocycles. The SMILES string of the molecule is CC1=NCC(C(C)C)N1C. The molecule has 0 aromatic rings. The van der Waals surface area contributed by atoms with Crippen molar-refractivity contribution in [1.82, 2.24) is 4.90 Å². The molecular formula is C8H16N2. The van der Waals surface area contributed by atoms with E-state index >= 15 is 0 Å². The summed E-state index contributed by atoms with van der Waals surface area (Å²) >= 11 is 0. The molecule has 1 unspecified atom stereocenters. The lowest BCUT2D eigenvalue weighted by molar-refractivity contribution is 0.317. The number of rotatable bonds is 1. The Balaban J connectivity index is 2.56. The van der Waals surface area contributed by atoms with E-state index in [1.54, 1.807) is 0 Å². The Hall–Kier alpha value is -0.530. The molecule has 0 bridgehead atoms. The van der Waals surface area contributed by atoms with Crippen LogP contribution in [-0.4, -0.2) is 30.4 Å². The van der Waals surface area contributed by atoms with E-state index in [4.69, 9.17) is 0 Å². The minimum atomic E-state index is 0.639. The van der Waals surface area contributed by atoms with Gasteiger partial charge in [0.1, 0.15) is 0 Å². The third-order valence-electron chi connectivity index (χ3n) is 2.28. The van der Waals surface area contributed by atoms with Crippen molar-refractivity contribution in [3.05, 3.63) is 0 Å². The predicted molar refractivity (Wildman–Crippen MR) is 44.4 cm³/mol. The van der Waals surface area contributed by atoms with E-state index in [1.807, 2.05) is 0 Å². The van der Waals surface area contributed by atoms with Gasteiger partial charge in [0.25, 0.3) is 0 Å². The summed E-state index contributed by atoms with van der Waals surface area (Å²) in [6.07, 6.45) is 0. The van der Waals surface area contributed by atoms with Crippen LogP contribution in [0.1, 0.15) is 20.8 Å². The monoisotopic (exact) mass is 140 g/mol. The second-order valence-electron chi connectivity index (χ2n) is 3.31. The second kappa shape index (κ2) is 2.60. The molecule has 0 fully saturated rings. The molecule has 0 aromatic carbocycles. The third kappa shape index (κ3) is 1.15. The molecule has 0 aliphatic carbocycles. The maximum atomic E-state index is 4.36. The van der Waals surface area contributed by atoms with Crippen molar-refractivity contribution in [1.29, 1.82) is 0 Å². The standard InChI is InChI=1S/C8H16N2/c1-6(2)8-5-9-7(3)10(8)4/h6,8H,5H2,1-4H3. The van der Waals surface area contributed by atoms with Crippen molar-refractivity contribution in [2.24, 2.45) is 10.9 Å². The van der Waals surface area contributed by atoms with Crippen LogP contribution in [-0.2, 0) is 0 Å². The minimum Gasteiger partial charge on any atom is -0.359 e. The molecule has 1 rings (SSSR count). The molecular weight excluding hydrogens is 124 g/mol. The molecule has 2 nitrogen and oxygen atoms in total. The third-order valence-corrected chi connectivity index (χ3v) is 2.28. The van der Waals surface area contributed by atoms with Gasteiger partial charge in [0.05, 0.1) is 18.4 Å². The molecule has 1 aliphatic rings. The molecule has 0 N–H and O–H groups in total. The molecule has 0 saturated carbocycles. The van der Waals surface area contributed by atoms with Gasteiger partial charge < -0.3 is 4.90 Å². The fourth-order valence-electron chi connectivity index (χ4n) is 1.36. The first-order valence-electron chi connectivity index (χ1n) is 3.87. The van der Waals surface area contributed by atoms with E-state index < -0.39 is 0 Å². The summed E-state index contributed by atoms with van der Waals surface area (Å²) in [5.74, 6) is 1.89. The van der Waals surface area contributed by atoms with Crippen molar-refractivity contribution >= 4 is 5.84 Å². The van der Waals surface area contributed by atoms with Crippen LogP contribution in [0, 0.1) is 5.92 Å². The first-order chi connectivity index (χ1) is 4.63. The summed E-state index contributed by atoms with van der Waals surface area (Å²) in [5.41, 5.74) is 0. The van der Waals surface area contributed by atoms with E-state index in [-0.39, 0.29) is 0 Å². The van der Waals surface area contributed by atoms with Crippen molar-refractivity contribution in [2.45, 2.75) is 26.8 Å². The summed E-state index contributed by atoms with van der Waals surface area (Å²) in [5, 5.41) is 0. The molecule has 1 heterocycles. The molecule has 0 amide bonds. The first-order valence-corrected chi connectivity index (χ1v) is 3.87. The van der Waals surface area contributed by atoms with Gasteiger partial charge in [-0.1, -0.05) is 13.8 Å². The lowest BCUT2D eigenvalue weighted by atomic mass is 10.0. The van der Waals surface area contributed by atoms with Crippen molar-refractivity contribution < 1.29 is 0 Å². The molecule has 0 saturated heterocycles. The zero-order chi connectivity index (χ0) is 7.72. The van der Waals surface area contributed by atoms with Gasteiger partial charge in [-0.2, -0.15) is 0 Å². The fourth-order valence-corrected chi connectivity index (χ4v) is 1.36. The van der Waals surface area contributed by atoms with Crippen molar-refractivity contribution in [2.75, 3.05) is 13.6 Å². The van der Waals surface area contributed by atoms with Gasteiger partial charge in [-0.05, 0) is 12.8 Å². The number of hydrogen-bond acceptors (Lipinski definition) is 2. The molecule has 0 radical (unpaired) electrons. The van der Waals surface area contributed by atoms with Gasteiger partial charge in [0.15, 0.2) is 0 Å². The lowest BCUT2D eigenvalue weighted by Gasteiger charge is -2.24. The highest BCUT2D eigenvalue weighted by Crippen LogP contribution is 2.15. The minimum absolute atomic E-state index is 0.639. The van der Waals surface area contributed by atoms with E-state index in [9.17, 15) is 0 Å². The number of aliphatic imine (C=N–C) groups is 1. The number of hydrogen-bond donors (Lipinski definition) is 0. The highest BCUT2D eigenvalue weighted by atomic mass is 15.2. The molecule has 2 heteroatoms. The van der Waals surface area contributed by atoms with Crippen LogP contribution in [0.3, 0.4) is 0 Å². The lowest BCUT2D eigenvalue weighted by Crippen LogP contribution is -2.35. The Labute approximate surface area is 62.9 Å². The number of likely N-dealkylation sites (N-methyl/N-ethyl adjacent to an activating group) is 1. The first kappa shape index (κ1) is 7.58. The number of nitrogens with zero attached hydrogens (tertiary/aromatic N) is 2. The average Bonchev–Trinajstić information content (AvgIpc) is 2.14. The molecule has 58 valence electrons. The van der Waals surface area contributed by atoms with Crippen LogP contribution in [0.15, 0.2) is 4.99 Å². The van der Waals surface area contributed by atoms with E-state index in [1.165, 1.54) is 5.84 Å². The van der Waals surface area contributed by atoms with Gasteiger partial charge in [-0.15, -0.1) is 0 Å². The largest absolute Gasteiger partial charge is 0.359 e. The van der Waals surface area contributed by atoms with Crippen LogP contribution >= 0.6 is 0 Å². The zero-order valence-electron chi connectivity index (χ0n) is 7.26. The van der Waals surface area contributed by atoms with E-state index in [0.29, 0.717) is 12.0 Å². The second-order valence-corrected chi connectivity index (χ2v) is 3.31. The quantitative estimate of drug-likeness (QED) is 0.537. The fraction of sp³-hybridized carbons (Fsp3) is 0.875. The maximum Gasteiger partial charge on any atom is 0.0959 e. The van der Waals surface area contributed by atoms with Crippen molar-refractivity contribution in [3.63, 3.8) is 0 Å². The average molecular weight is 140 g/mol. The van der Waals surface area contributed by atoms with Gasteiger partial charge in [0, 0.05) is 7.05 Å². The Morgan fingerprint density at radius 2 is 2.20 bits per heavy atom. The molecule has 1 atom stereocenters. The smallest absolute Gasteiger partial charge is 0.0959 e. The Morgan fingerprint density at radius 1 is 1.60 bits per heavy atom. The van der Waals surface area contributed by atoms with Crippen LogP contribution in [0.4, 0.5) is 0 Å². The van der Waals surface area contributed by atoms with Crippen LogP contribution < -0.4 is 0 Å². The van der Waals surface area contributed by atoms with Crippen LogP contribution in [0.2, 0.25) is 0 Å². The van der Waals surface area contributed by atoms with Crippen molar-refractivity contribution in [3.8, 4) is 0 Å². The summed E-state index contributed by atoms with van der Waals surface area (Å²) in [7, 11) is 2.12. The molecule has 0 spiro atoms. The van der Waals surface area contributed by atoms with Gasteiger partial charge in [0.2, 0.25) is 0 Å². The molecule has 0 aromatic heterocycles. The van der Waals surface area contributed by atoms with Crippen LogP contribution in [0.25, 0.3) is 0 Å². The number of amidine groups is 1. The highest BCUT2D eigenvalue weighted by Gasteiger charge is 2.23. The van der Waals surface area contributed by atoms with Gasteiger partial charge in [-0.25, -0.2) is 0 Å². The highest BCUT2D eigenvalue weighted by molar-refractivity contribution is 5.81. The molecule has 10 heavy (non-hydrogen) atoms. The normalized spacial score (nSPS) is 25.9. The Morgan fingerprint density at radius 3 is 2.40 bits per heavy atom. The van der Waals surface area contributed by atoms with E-state index in [2.05, 4.69) is 37.7 Å². The van der Waals surface area contributed by atoms with E-state index in [0.717, 1.165) is 6.54 Å². The predicted octanol–water partition coefficient (Wildman–Crippen LogP) is 1.37. The van der Waals surface area contributed by atoms with Crippen LogP contribution in [0.5, 0.6) is 0 Å². The summed E-state index contributed by atoms with van der Waals surface area (Å²) in [6, 6.07) is 0.639. The van der Waals surface area contributed by atoms with Gasteiger partial charge >= 0.3 is 0 Å². The topological polar surface area (TPSA) is 15.6 Å². The Bertz CT molecular complexity index is 149. The zero-order valence-corrected chi connectivity index (χ0v) is 7.26. The Kier molecular flexibility index (Phi) is 1.97. The maximum absolute atomic E-state index is 4.36. The summed E-state index contributed by atoms with van der Waals surface area (Å²) < 4.78 is 0.